The predicted molar refractivity (Wildman–Crippen MR) is 153 cm³/mol. The maximum atomic E-state index is 13.4. The lowest BCUT2D eigenvalue weighted by molar-refractivity contribution is 0.0915. The number of nitrogens with zero attached hydrogens (tertiary/aromatic N) is 3. The number of amides is 1. The molecule has 0 aliphatic carbocycles. The average Bonchev–Trinajstić information content (AvgIpc) is 2.93. The van der Waals surface area contributed by atoms with Gasteiger partial charge in [0.05, 0.1) is 36.7 Å². The molecular weight excluding hydrogens is 488 g/mol. The molecule has 0 atom stereocenters. The summed E-state index contributed by atoms with van der Waals surface area (Å²) >= 11 is 0. The number of rotatable bonds is 7. The highest BCUT2D eigenvalue weighted by molar-refractivity contribution is 6.07. The standard InChI is InChI=1S/C32H36N4O3/c1-21-27(22-9-11-23(12-10-22)29(37)20-36-13-7-6-8-14-36)17-26(19-34-21)35-31(38)28-16-25(32(2,3)4)15-24(18-33)30(28)39-5/h9-12,15-17,19H,6-8,13-14,20H2,1-5H3,(H,35,38). The average molecular weight is 525 g/mol. The van der Waals surface area contributed by atoms with Crippen LogP contribution in [-0.2, 0) is 5.41 Å². The first-order valence-electron chi connectivity index (χ1n) is 13.4. The fourth-order valence-corrected chi connectivity index (χ4v) is 4.87. The number of methoxy groups -OCH3 is 1. The number of piperidine rings is 1. The Bertz CT molecular complexity index is 1410. The van der Waals surface area contributed by atoms with Crippen LogP contribution in [0.15, 0.2) is 48.7 Å². The van der Waals surface area contributed by atoms with Gasteiger partial charge in [0.25, 0.3) is 5.91 Å². The van der Waals surface area contributed by atoms with E-state index < -0.39 is 0 Å². The molecule has 1 saturated heterocycles. The van der Waals surface area contributed by atoms with E-state index in [4.69, 9.17) is 4.74 Å². The topological polar surface area (TPSA) is 95.3 Å². The Hall–Kier alpha value is -4.02. The number of benzene rings is 2. The van der Waals surface area contributed by atoms with E-state index in [1.165, 1.54) is 13.5 Å². The number of carbonyl (C=O) groups excluding carboxylic acids is 2. The first-order valence-corrected chi connectivity index (χ1v) is 13.4. The normalized spacial score (nSPS) is 13.9. The van der Waals surface area contributed by atoms with Crippen LogP contribution < -0.4 is 10.1 Å². The van der Waals surface area contributed by atoms with Crippen molar-refractivity contribution in [1.82, 2.24) is 9.88 Å². The van der Waals surface area contributed by atoms with Crippen molar-refractivity contribution in [3.05, 3.63) is 76.6 Å². The summed E-state index contributed by atoms with van der Waals surface area (Å²) in [6.45, 7) is 10.4. The van der Waals surface area contributed by atoms with Crippen LogP contribution in [0.5, 0.6) is 5.75 Å². The number of hydrogen-bond acceptors (Lipinski definition) is 6. The zero-order valence-electron chi connectivity index (χ0n) is 23.4. The molecule has 0 saturated carbocycles. The first kappa shape index (κ1) is 28.0. The molecular formula is C32H36N4O3. The van der Waals surface area contributed by atoms with E-state index in [2.05, 4.69) is 21.3 Å². The Labute approximate surface area is 230 Å². The summed E-state index contributed by atoms with van der Waals surface area (Å²) in [4.78, 5) is 32.9. The molecule has 1 aromatic heterocycles. The minimum Gasteiger partial charge on any atom is -0.495 e. The van der Waals surface area contributed by atoms with Crippen molar-refractivity contribution in [2.45, 2.75) is 52.4 Å². The molecule has 1 fully saturated rings. The van der Waals surface area contributed by atoms with Crippen LogP contribution in [-0.4, -0.2) is 48.3 Å². The monoisotopic (exact) mass is 524 g/mol. The van der Waals surface area contributed by atoms with Gasteiger partial charge in [-0.15, -0.1) is 0 Å². The van der Waals surface area contributed by atoms with Gasteiger partial charge < -0.3 is 10.1 Å². The smallest absolute Gasteiger partial charge is 0.259 e. The van der Waals surface area contributed by atoms with Gasteiger partial charge in [0.2, 0.25) is 0 Å². The molecule has 1 amide bonds. The number of nitrogens with one attached hydrogen (secondary N) is 1. The Kier molecular flexibility index (Phi) is 8.47. The van der Waals surface area contributed by atoms with Gasteiger partial charge in [-0.05, 0) is 67.6 Å². The number of hydrogen-bond donors (Lipinski definition) is 1. The molecule has 202 valence electrons. The molecule has 0 unspecified atom stereocenters. The highest BCUT2D eigenvalue weighted by Gasteiger charge is 2.23. The van der Waals surface area contributed by atoms with E-state index in [1.807, 2.05) is 58.0 Å². The van der Waals surface area contributed by atoms with E-state index in [0.717, 1.165) is 48.3 Å². The molecule has 0 spiro atoms. The Morgan fingerprint density at radius 1 is 1.08 bits per heavy atom. The van der Waals surface area contributed by atoms with E-state index in [1.54, 1.807) is 18.3 Å². The number of aryl methyl sites for hydroxylation is 1. The number of ketones is 1. The quantitative estimate of drug-likeness (QED) is 0.372. The number of likely N-dealkylation sites (tertiary alicyclic amines) is 1. The van der Waals surface area contributed by atoms with Gasteiger partial charge in [-0.25, -0.2) is 0 Å². The second-order valence-electron chi connectivity index (χ2n) is 11.1. The molecule has 7 heteroatoms. The number of nitriles is 1. The van der Waals surface area contributed by atoms with Crippen LogP contribution in [0.3, 0.4) is 0 Å². The van der Waals surface area contributed by atoms with Gasteiger partial charge >= 0.3 is 0 Å². The minimum absolute atomic E-state index is 0.127. The van der Waals surface area contributed by atoms with E-state index >= 15 is 0 Å². The van der Waals surface area contributed by atoms with Crippen molar-refractivity contribution in [3.8, 4) is 22.9 Å². The van der Waals surface area contributed by atoms with Crippen molar-refractivity contribution < 1.29 is 14.3 Å². The Morgan fingerprint density at radius 2 is 1.77 bits per heavy atom. The van der Waals surface area contributed by atoms with Gasteiger partial charge in [0.1, 0.15) is 11.8 Å². The molecule has 0 bridgehead atoms. The maximum Gasteiger partial charge on any atom is 0.259 e. The van der Waals surface area contributed by atoms with Crippen molar-refractivity contribution in [2.24, 2.45) is 0 Å². The van der Waals surface area contributed by atoms with Gasteiger partial charge in [-0.2, -0.15) is 5.26 Å². The zero-order chi connectivity index (χ0) is 28.2. The van der Waals surface area contributed by atoms with Crippen LogP contribution in [0, 0.1) is 18.3 Å². The molecule has 1 N–H and O–H groups in total. The zero-order valence-corrected chi connectivity index (χ0v) is 23.4. The summed E-state index contributed by atoms with van der Waals surface area (Å²) in [7, 11) is 1.45. The van der Waals surface area contributed by atoms with Crippen molar-refractivity contribution >= 4 is 17.4 Å². The van der Waals surface area contributed by atoms with E-state index in [0.29, 0.717) is 28.9 Å². The molecule has 4 rings (SSSR count). The fourth-order valence-electron chi connectivity index (χ4n) is 4.87. The number of carbonyl (C=O) groups is 2. The largest absolute Gasteiger partial charge is 0.495 e. The molecule has 0 radical (unpaired) electrons. The molecule has 2 aromatic carbocycles. The van der Waals surface area contributed by atoms with Gasteiger partial charge in [0, 0.05) is 16.8 Å². The summed E-state index contributed by atoms with van der Waals surface area (Å²) in [5.41, 5.74) is 4.99. The third-order valence-electron chi connectivity index (χ3n) is 7.20. The Morgan fingerprint density at radius 3 is 2.38 bits per heavy atom. The summed E-state index contributed by atoms with van der Waals surface area (Å²) in [5.74, 6) is -0.0136. The highest BCUT2D eigenvalue weighted by Crippen LogP contribution is 2.32. The van der Waals surface area contributed by atoms with E-state index in [-0.39, 0.29) is 22.9 Å². The van der Waals surface area contributed by atoms with Crippen LogP contribution in [0.25, 0.3) is 11.1 Å². The molecule has 2 heterocycles. The maximum absolute atomic E-state index is 13.4. The number of aromatic nitrogens is 1. The lowest BCUT2D eigenvalue weighted by Crippen LogP contribution is -2.34. The van der Waals surface area contributed by atoms with Gasteiger partial charge in [-0.1, -0.05) is 51.5 Å². The summed E-state index contributed by atoms with van der Waals surface area (Å²) in [5, 5.41) is 12.6. The highest BCUT2D eigenvalue weighted by atomic mass is 16.5. The van der Waals surface area contributed by atoms with Crippen LogP contribution in [0.2, 0.25) is 0 Å². The second-order valence-corrected chi connectivity index (χ2v) is 11.1. The summed E-state index contributed by atoms with van der Waals surface area (Å²) < 4.78 is 5.45. The lowest BCUT2D eigenvalue weighted by atomic mass is 9.84. The van der Waals surface area contributed by atoms with Crippen LogP contribution in [0.1, 0.15) is 77.6 Å². The first-order chi connectivity index (χ1) is 18.6. The number of Topliss-reactive ketones (excluding diaryl/α,β-unsaturated/α-hetero) is 1. The second kappa shape index (κ2) is 11.8. The SMILES string of the molecule is COc1c(C#N)cc(C(C)(C)C)cc1C(=O)Nc1cnc(C)c(-c2ccc(C(=O)CN3CCCCC3)cc2)c1. The van der Waals surface area contributed by atoms with Crippen molar-refractivity contribution in [1.29, 1.82) is 5.26 Å². The van der Waals surface area contributed by atoms with Gasteiger partial charge in [0.15, 0.2) is 5.78 Å². The molecule has 39 heavy (non-hydrogen) atoms. The van der Waals surface area contributed by atoms with E-state index in [9.17, 15) is 14.9 Å². The molecule has 7 nitrogen and oxygen atoms in total. The summed E-state index contributed by atoms with van der Waals surface area (Å²) in [6, 6.07) is 15.1. The third-order valence-corrected chi connectivity index (χ3v) is 7.20. The Balaban J connectivity index is 1.56. The predicted octanol–water partition coefficient (Wildman–Crippen LogP) is 6.16. The fraction of sp³-hybridized carbons (Fsp3) is 0.375. The number of pyridine rings is 1. The lowest BCUT2D eigenvalue weighted by Gasteiger charge is -2.25. The number of ether oxygens (including phenoxy) is 1. The molecule has 1 aliphatic rings. The van der Waals surface area contributed by atoms with Crippen LogP contribution >= 0.6 is 0 Å². The van der Waals surface area contributed by atoms with Crippen LogP contribution in [0.4, 0.5) is 5.69 Å². The number of anilines is 1. The molecule has 3 aromatic rings. The molecule has 1 aliphatic heterocycles. The third kappa shape index (κ3) is 6.52. The minimum atomic E-state index is -0.385. The van der Waals surface area contributed by atoms with Gasteiger partial charge in [-0.3, -0.25) is 19.5 Å². The summed E-state index contributed by atoms with van der Waals surface area (Å²) in [6.07, 6.45) is 5.15. The van der Waals surface area contributed by atoms with Crippen molar-refractivity contribution in [2.75, 3.05) is 32.1 Å². The van der Waals surface area contributed by atoms with Crippen molar-refractivity contribution in [3.63, 3.8) is 0 Å².